The van der Waals surface area contributed by atoms with E-state index in [1.807, 2.05) is 30.3 Å². The van der Waals surface area contributed by atoms with Gasteiger partial charge in [-0.05, 0) is 0 Å². The fourth-order valence-electron chi connectivity index (χ4n) is 2.37. The molecule has 19 heavy (non-hydrogen) atoms. The number of ether oxygens (including phenoxy) is 3. The summed E-state index contributed by atoms with van der Waals surface area (Å²) in [6.07, 6.45) is -5.93. The Labute approximate surface area is 110 Å². The molecule has 0 amide bonds. The maximum atomic E-state index is 9.94. The number of hydrogen-bond acceptors (Lipinski definition) is 6. The first-order valence-electron chi connectivity index (χ1n) is 6.18. The highest BCUT2D eigenvalue weighted by atomic mass is 16.7. The van der Waals surface area contributed by atoms with E-state index in [9.17, 15) is 15.3 Å². The van der Waals surface area contributed by atoms with E-state index < -0.39 is 37.0 Å². The Hall–Kier alpha value is -1.02. The van der Waals surface area contributed by atoms with Crippen LogP contribution in [0.5, 0.6) is 0 Å². The summed E-state index contributed by atoms with van der Waals surface area (Å²) in [6, 6.07) is 9.31. The second kappa shape index (κ2) is 5.16. The minimum Gasteiger partial charge on any atom is -0.387 e. The third-order valence-corrected chi connectivity index (χ3v) is 3.42. The molecule has 6 atom stereocenters. The summed E-state index contributed by atoms with van der Waals surface area (Å²) in [6.45, 7) is 0.186. The second-order valence-electron chi connectivity index (χ2n) is 4.72. The van der Waals surface area contributed by atoms with Gasteiger partial charge in [0.25, 0.3) is 0 Å². The van der Waals surface area contributed by atoms with Gasteiger partial charge < -0.3 is 29.5 Å². The third-order valence-electron chi connectivity index (χ3n) is 3.42. The molecule has 0 spiro atoms. The Morgan fingerprint density at radius 3 is 2.42 bits per heavy atom. The van der Waals surface area contributed by atoms with Gasteiger partial charge in [0.1, 0.15) is 24.4 Å². The van der Waals surface area contributed by atoms with Crippen molar-refractivity contribution >= 4 is 0 Å². The van der Waals surface area contributed by atoms with Crippen molar-refractivity contribution in [1.29, 1.82) is 0 Å². The first-order valence-corrected chi connectivity index (χ1v) is 6.18. The van der Waals surface area contributed by atoms with E-state index in [1.165, 1.54) is 0 Å². The van der Waals surface area contributed by atoms with Crippen molar-refractivity contribution in [3.05, 3.63) is 35.9 Å². The van der Waals surface area contributed by atoms with Crippen molar-refractivity contribution in [2.75, 3.05) is 6.61 Å². The fourth-order valence-corrected chi connectivity index (χ4v) is 2.37. The van der Waals surface area contributed by atoms with Crippen LogP contribution in [0.4, 0.5) is 0 Å². The van der Waals surface area contributed by atoms with Gasteiger partial charge in [-0.25, -0.2) is 0 Å². The van der Waals surface area contributed by atoms with E-state index in [0.29, 0.717) is 0 Å². The molecular weight excluding hydrogens is 252 g/mol. The van der Waals surface area contributed by atoms with Crippen LogP contribution in [-0.4, -0.2) is 52.6 Å². The largest absolute Gasteiger partial charge is 0.387 e. The highest BCUT2D eigenvalue weighted by Gasteiger charge is 2.48. The average Bonchev–Trinajstić information content (AvgIpc) is 2.46. The predicted molar refractivity (Wildman–Crippen MR) is 62.9 cm³/mol. The van der Waals surface area contributed by atoms with Crippen molar-refractivity contribution < 1.29 is 29.5 Å². The van der Waals surface area contributed by atoms with Gasteiger partial charge in [-0.15, -0.1) is 0 Å². The first-order chi connectivity index (χ1) is 9.16. The Morgan fingerprint density at radius 1 is 0.947 bits per heavy atom. The van der Waals surface area contributed by atoms with Gasteiger partial charge in [0.05, 0.1) is 6.61 Å². The molecule has 2 fully saturated rings. The smallest absolute Gasteiger partial charge is 0.184 e. The summed E-state index contributed by atoms with van der Waals surface area (Å²) in [5.74, 6) is 0. The summed E-state index contributed by atoms with van der Waals surface area (Å²) in [4.78, 5) is 0. The molecule has 2 heterocycles. The minimum atomic E-state index is -1.42. The van der Waals surface area contributed by atoms with E-state index in [2.05, 4.69) is 0 Å². The monoisotopic (exact) mass is 268 g/mol. The number of rotatable bonds is 1. The summed E-state index contributed by atoms with van der Waals surface area (Å²) in [5.41, 5.74) is 0.828. The zero-order chi connectivity index (χ0) is 13.4. The highest BCUT2D eigenvalue weighted by molar-refractivity contribution is 5.16. The van der Waals surface area contributed by atoms with E-state index in [-0.39, 0.29) is 6.61 Å². The van der Waals surface area contributed by atoms with Crippen molar-refractivity contribution in [2.24, 2.45) is 0 Å². The number of fused-ring (bicyclic) bond motifs is 1. The fraction of sp³-hybridized carbons (Fsp3) is 0.538. The normalized spacial score (nSPS) is 42.7. The summed E-state index contributed by atoms with van der Waals surface area (Å²) in [7, 11) is 0. The Kier molecular flexibility index (Phi) is 3.53. The van der Waals surface area contributed by atoms with Crippen LogP contribution in [0, 0.1) is 0 Å². The van der Waals surface area contributed by atoms with Crippen LogP contribution in [0.1, 0.15) is 11.9 Å². The van der Waals surface area contributed by atoms with E-state index in [0.717, 1.165) is 5.56 Å². The molecule has 1 aromatic rings. The molecule has 2 aliphatic heterocycles. The quantitative estimate of drug-likeness (QED) is 0.639. The van der Waals surface area contributed by atoms with Crippen molar-refractivity contribution in [1.82, 2.24) is 0 Å². The SMILES string of the molecule is OC1O[C@@H]2CO[C@H](c3ccccc3)O[C@H]2[C@@H](O)[C@H]1O. The van der Waals surface area contributed by atoms with Crippen LogP contribution >= 0.6 is 0 Å². The van der Waals surface area contributed by atoms with Crippen molar-refractivity contribution in [3.8, 4) is 0 Å². The molecule has 3 rings (SSSR count). The number of hydrogen-bond donors (Lipinski definition) is 3. The van der Waals surface area contributed by atoms with E-state index in [1.54, 1.807) is 0 Å². The van der Waals surface area contributed by atoms with E-state index in [4.69, 9.17) is 14.2 Å². The van der Waals surface area contributed by atoms with Gasteiger partial charge in [0.2, 0.25) is 0 Å². The van der Waals surface area contributed by atoms with Gasteiger partial charge in [-0.2, -0.15) is 0 Å². The molecule has 0 aromatic heterocycles. The highest BCUT2D eigenvalue weighted by Crippen LogP contribution is 2.33. The summed E-state index contributed by atoms with van der Waals surface area (Å²) in [5, 5.41) is 29.0. The molecule has 6 nitrogen and oxygen atoms in total. The molecule has 6 heteroatoms. The van der Waals surface area contributed by atoms with E-state index >= 15 is 0 Å². The Balaban J connectivity index is 1.75. The van der Waals surface area contributed by atoms with Crippen LogP contribution < -0.4 is 0 Å². The Morgan fingerprint density at radius 2 is 1.68 bits per heavy atom. The average molecular weight is 268 g/mol. The molecule has 0 bridgehead atoms. The van der Waals surface area contributed by atoms with Crippen LogP contribution in [0.2, 0.25) is 0 Å². The second-order valence-corrected chi connectivity index (χ2v) is 4.72. The molecule has 0 saturated carbocycles. The molecule has 0 radical (unpaired) electrons. The molecule has 0 aliphatic carbocycles. The molecule has 2 saturated heterocycles. The zero-order valence-electron chi connectivity index (χ0n) is 10.1. The lowest BCUT2D eigenvalue weighted by Gasteiger charge is -2.45. The molecule has 2 aliphatic rings. The molecule has 104 valence electrons. The van der Waals surface area contributed by atoms with Crippen LogP contribution in [0.15, 0.2) is 30.3 Å². The number of aliphatic hydroxyl groups is 3. The van der Waals surface area contributed by atoms with Gasteiger partial charge in [-0.3, -0.25) is 0 Å². The lowest BCUT2D eigenvalue weighted by Crippen LogP contribution is -2.61. The third kappa shape index (κ3) is 2.38. The standard InChI is InChI=1S/C13H16O6/c14-9-10(15)12(16)18-8-6-17-13(19-11(8)9)7-4-2-1-3-5-7/h1-5,8-16H,6H2/t8-,9+,10-,11-,12?,13+/m1/s1. The lowest BCUT2D eigenvalue weighted by atomic mass is 9.98. The zero-order valence-corrected chi connectivity index (χ0v) is 10.1. The molecule has 3 N–H and O–H groups in total. The first kappa shape index (κ1) is 13.0. The van der Waals surface area contributed by atoms with Crippen molar-refractivity contribution in [2.45, 2.75) is 37.0 Å². The number of benzene rings is 1. The molecule has 1 unspecified atom stereocenters. The van der Waals surface area contributed by atoms with Crippen LogP contribution in [0.25, 0.3) is 0 Å². The van der Waals surface area contributed by atoms with Crippen LogP contribution in [-0.2, 0) is 14.2 Å². The lowest BCUT2D eigenvalue weighted by molar-refractivity contribution is -0.354. The summed E-state index contributed by atoms with van der Waals surface area (Å²) < 4.78 is 16.3. The van der Waals surface area contributed by atoms with Gasteiger partial charge in [-0.1, -0.05) is 30.3 Å². The molecule has 1 aromatic carbocycles. The van der Waals surface area contributed by atoms with Gasteiger partial charge in [0, 0.05) is 5.56 Å². The van der Waals surface area contributed by atoms with Gasteiger partial charge in [0.15, 0.2) is 12.6 Å². The topological polar surface area (TPSA) is 88.4 Å². The summed E-state index contributed by atoms with van der Waals surface area (Å²) >= 11 is 0. The van der Waals surface area contributed by atoms with Crippen LogP contribution in [0.3, 0.4) is 0 Å². The predicted octanol–water partition coefficient (Wildman–Crippen LogP) is -0.460. The number of aliphatic hydroxyl groups excluding tert-OH is 3. The maximum Gasteiger partial charge on any atom is 0.184 e. The molecular formula is C13H16O6. The van der Waals surface area contributed by atoms with Crippen molar-refractivity contribution in [3.63, 3.8) is 0 Å². The minimum absolute atomic E-state index is 0.186. The maximum absolute atomic E-state index is 9.94. The van der Waals surface area contributed by atoms with Gasteiger partial charge >= 0.3 is 0 Å². The Bertz CT molecular complexity index is 422.